The molecule has 2 aromatic rings. The van der Waals surface area contributed by atoms with Gasteiger partial charge in [-0.05, 0) is 55.3 Å². The summed E-state index contributed by atoms with van der Waals surface area (Å²) in [6.07, 6.45) is 0.920. The summed E-state index contributed by atoms with van der Waals surface area (Å²) < 4.78 is 13.3. The topological polar surface area (TPSA) is 29.3 Å². The van der Waals surface area contributed by atoms with Gasteiger partial charge < -0.3 is 10.6 Å². The van der Waals surface area contributed by atoms with Gasteiger partial charge in [0.25, 0.3) is 0 Å². The second kappa shape index (κ2) is 7.06. The zero-order valence-electron chi connectivity index (χ0n) is 11.8. The molecule has 0 aliphatic carbocycles. The summed E-state index contributed by atoms with van der Waals surface area (Å²) in [5.74, 6) is -0.189. The van der Waals surface area contributed by atoms with E-state index in [1.54, 1.807) is 12.1 Å². The fraction of sp³-hybridized carbons (Fsp3) is 0.294. The van der Waals surface area contributed by atoms with Crippen molar-refractivity contribution >= 4 is 5.69 Å². The van der Waals surface area contributed by atoms with Crippen molar-refractivity contribution in [3.8, 4) is 0 Å². The highest BCUT2D eigenvalue weighted by molar-refractivity contribution is 5.49. The molecular weight excluding hydrogens is 251 g/mol. The largest absolute Gasteiger partial charge is 0.367 e. The Morgan fingerprint density at radius 3 is 2.60 bits per heavy atom. The lowest BCUT2D eigenvalue weighted by Gasteiger charge is -2.25. The van der Waals surface area contributed by atoms with E-state index in [9.17, 15) is 4.39 Å². The van der Waals surface area contributed by atoms with Gasteiger partial charge in [-0.2, -0.15) is 0 Å². The molecule has 0 aliphatic rings. The molecule has 3 heteroatoms. The van der Waals surface area contributed by atoms with Crippen LogP contribution in [0.25, 0.3) is 0 Å². The summed E-state index contributed by atoms with van der Waals surface area (Å²) in [6, 6.07) is 15.1. The zero-order chi connectivity index (χ0) is 14.4. The van der Waals surface area contributed by atoms with Crippen molar-refractivity contribution in [2.45, 2.75) is 19.9 Å². The Labute approximate surface area is 120 Å². The maximum atomic E-state index is 13.3. The molecule has 0 bridgehead atoms. The number of nitrogens with zero attached hydrogens (tertiary/aromatic N) is 1. The third kappa shape index (κ3) is 4.07. The Morgan fingerprint density at radius 2 is 1.90 bits per heavy atom. The number of aryl methyl sites for hydroxylation is 1. The van der Waals surface area contributed by atoms with Crippen LogP contribution in [0.1, 0.15) is 17.5 Å². The van der Waals surface area contributed by atoms with Crippen molar-refractivity contribution in [1.29, 1.82) is 0 Å². The Morgan fingerprint density at radius 1 is 1.10 bits per heavy atom. The fourth-order valence-corrected chi connectivity index (χ4v) is 2.26. The number of nitrogens with two attached hydrogens (primary N) is 1. The maximum absolute atomic E-state index is 13.3. The first-order valence-corrected chi connectivity index (χ1v) is 6.95. The molecule has 0 amide bonds. The summed E-state index contributed by atoms with van der Waals surface area (Å²) in [5.41, 5.74) is 8.97. The van der Waals surface area contributed by atoms with E-state index >= 15 is 0 Å². The fourth-order valence-electron chi connectivity index (χ4n) is 2.26. The van der Waals surface area contributed by atoms with Gasteiger partial charge in [0, 0.05) is 18.8 Å². The van der Waals surface area contributed by atoms with Gasteiger partial charge in [-0.3, -0.25) is 0 Å². The summed E-state index contributed by atoms with van der Waals surface area (Å²) in [4.78, 5) is 2.24. The van der Waals surface area contributed by atoms with Crippen molar-refractivity contribution in [1.82, 2.24) is 0 Å². The van der Waals surface area contributed by atoms with Gasteiger partial charge in [-0.1, -0.05) is 24.3 Å². The average molecular weight is 272 g/mol. The van der Waals surface area contributed by atoms with Crippen LogP contribution in [0.4, 0.5) is 10.1 Å². The van der Waals surface area contributed by atoms with Gasteiger partial charge in [0.1, 0.15) is 5.82 Å². The minimum Gasteiger partial charge on any atom is -0.367 e. The third-order valence-corrected chi connectivity index (χ3v) is 3.26. The lowest BCUT2D eigenvalue weighted by atomic mass is 10.1. The van der Waals surface area contributed by atoms with Crippen LogP contribution in [0.15, 0.2) is 48.5 Å². The molecule has 2 N–H and O–H groups in total. The number of anilines is 1. The number of benzene rings is 2. The van der Waals surface area contributed by atoms with Crippen LogP contribution in [-0.2, 0) is 6.54 Å². The van der Waals surface area contributed by atoms with E-state index in [4.69, 9.17) is 5.73 Å². The Bertz CT molecular complexity index is 554. The monoisotopic (exact) mass is 272 g/mol. The molecule has 0 aromatic heterocycles. The van der Waals surface area contributed by atoms with Crippen LogP contribution >= 0.6 is 0 Å². The quantitative estimate of drug-likeness (QED) is 0.872. The lowest BCUT2D eigenvalue weighted by Crippen LogP contribution is -2.25. The maximum Gasteiger partial charge on any atom is 0.123 e. The van der Waals surface area contributed by atoms with Crippen LogP contribution in [0.5, 0.6) is 0 Å². The van der Waals surface area contributed by atoms with Crippen molar-refractivity contribution in [3.63, 3.8) is 0 Å². The minimum atomic E-state index is -0.189. The van der Waals surface area contributed by atoms with E-state index in [-0.39, 0.29) is 5.82 Å². The SMILES string of the molecule is Cc1cccc(N(CCCN)Cc2cccc(F)c2)c1. The summed E-state index contributed by atoms with van der Waals surface area (Å²) in [6.45, 7) is 4.30. The highest BCUT2D eigenvalue weighted by Gasteiger charge is 2.08. The number of rotatable bonds is 6. The molecule has 0 fully saturated rings. The molecule has 106 valence electrons. The zero-order valence-corrected chi connectivity index (χ0v) is 11.8. The Kier molecular flexibility index (Phi) is 5.13. The molecular formula is C17H21FN2. The van der Waals surface area contributed by atoms with Gasteiger partial charge in [0.15, 0.2) is 0 Å². The minimum absolute atomic E-state index is 0.189. The van der Waals surface area contributed by atoms with Gasteiger partial charge >= 0.3 is 0 Å². The normalized spacial score (nSPS) is 10.6. The van der Waals surface area contributed by atoms with E-state index in [1.807, 2.05) is 12.1 Å². The van der Waals surface area contributed by atoms with E-state index in [2.05, 4.69) is 30.0 Å². The first-order chi connectivity index (χ1) is 9.69. The number of hydrogen-bond donors (Lipinski definition) is 1. The van der Waals surface area contributed by atoms with Crippen molar-refractivity contribution in [3.05, 3.63) is 65.5 Å². The van der Waals surface area contributed by atoms with Crippen LogP contribution in [0.3, 0.4) is 0 Å². The van der Waals surface area contributed by atoms with Crippen LogP contribution < -0.4 is 10.6 Å². The smallest absolute Gasteiger partial charge is 0.123 e. The number of halogens is 1. The lowest BCUT2D eigenvalue weighted by molar-refractivity contribution is 0.624. The third-order valence-electron chi connectivity index (χ3n) is 3.26. The van der Waals surface area contributed by atoms with Gasteiger partial charge in [0.2, 0.25) is 0 Å². The average Bonchev–Trinajstić information content (AvgIpc) is 2.43. The molecule has 2 nitrogen and oxygen atoms in total. The molecule has 0 spiro atoms. The van der Waals surface area contributed by atoms with Crippen molar-refractivity contribution < 1.29 is 4.39 Å². The van der Waals surface area contributed by atoms with E-state index in [1.165, 1.54) is 11.6 Å². The number of hydrogen-bond acceptors (Lipinski definition) is 2. The first kappa shape index (κ1) is 14.5. The molecule has 0 atom stereocenters. The van der Waals surface area contributed by atoms with Crippen LogP contribution in [0, 0.1) is 12.7 Å². The van der Waals surface area contributed by atoms with Crippen LogP contribution in [0.2, 0.25) is 0 Å². The van der Waals surface area contributed by atoms with E-state index in [0.717, 1.165) is 24.2 Å². The molecule has 2 rings (SSSR count). The second-order valence-electron chi connectivity index (χ2n) is 5.03. The molecule has 0 radical (unpaired) electrons. The van der Waals surface area contributed by atoms with E-state index in [0.29, 0.717) is 13.1 Å². The predicted molar refractivity (Wildman–Crippen MR) is 82.3 cm³/mol. The second-order valence-corrected chi connectivity index (χ2v) is 5.03. The first-order valence-electron chi connectivity index (χ1n) is 6.95. The molecule has 0 saturated heterocycles. The van der Waals surface area contributed by atoms with Crippen LogP contribution in [-0.4, -0.2) is 13.1 Å². The molecule has 0 aliphatic heterocycles. The van der Waals surface area contributed by atoms with Gasteiger partial charge in [-0.25, -0.2) is 4.39 Å². The summed E-state index contributed by atoms with van der Waals surface area (Å²) in [5, 5.41) is 0. The van der Waals surface area contributed by atoms with Crippen molar-refractivity contribution in [2.75, 3.05) is 18.0 Å². The predicted octanol–water partition coefficient (Wildman–Crippen LogP) is 3.49. The molecule has 0 unspecified atom stereocenters. The molecule has 2 aromatic carbocycles. The standard InChI is InChI=1S/C17H21FN2/c1-14-5-2-8-17(11-14)20(10-4-9-19)13-15-6-3-7-16(18)12-15/h2-3,5-8,11-12H,4,9-10,13,19H2,1H3. The Hall–Kier alpha value is -1.87. The summed E-state index contributed by atoms with van der Waals surface area (Å²) in [7, 11) is 0. The summed E-state index contributed by atoms with van der Waals surface area (Å²) >= 11 is 0. The molecule has 20 heavy (non-hydrogen) atoms. The highest BCUT2D eigenvalue weighted by Crippen LogP contribution is 2.19. The Balaban J connectivity index is 2.19. The van der Waals surface area contributed by atoms with Gasteiger partial charge in [-0.15, -0.1) is 0 Å². The van der Waals surface area contributed by atoms with Gasteiger partial charge in [0.05, 0.1) is 0 Å². The highest BCUT2D eigenvalue weighted by atomic mass is 19.1. The molecule has 0 saturated carbocycles. The van der Waals surface area contributed by atoms with Crippen molar-refractivity contribution in [2.24, 2.45) is 5.73 Å². The van der Waals surface area contributed by atoms with E-state index < -0.39 is 0 Å². The molecule has 0 heterocycles.